The molecule has 0 spiro atoms. The summed E-state index contributed by atoms with van der Waals surface area (Å²) in [5.74, 6) is 1.67. The van der Waals surface area contributed by atoms with Crippen LogP contribution in [0.3, 0.4) is 0 Å². The van der Waals surface area contributed by atoms with Gasteiger partial charge >= 0.3 is 0 Å². The molecule has 1 atom stereocenters. The highest BCUT2D eigenvalue weighted by Crippen LogP contribution is 2.34. The summed E-state index contributed by atoms with van der Waals surface area (Å²) < 4.78 is 10.6. The smallest absolute Gasteiger partial charge is 0.253 e. The Hall–Kier alpha value is -1.91. The third-order valence-electron chi connectivity index (χ3n) is 3.39. The molecule has 1 amide bonds. The van der Waals surface area contributed by atoms with Gasteiger partial charge in [-0.15, -0.1) is 0 Å². The summed E-state index contributed by atoms with van der Waals surface area (Å²) in [5.41, 5.74) is 1.30. The minimum absolute atomic E-state index is 0.0900. The summed E-state index contributed by atoms with van der Waals surface area (Å²) in [6.07, 6.45) is 0.937. The van der Waals surface area contributed by atoms with Crippen molar-refractivity contribution in [3.8, 4) is 11.5 Å². The Bertz CT molecular complexity index is 500. The lowest BCUT2D eigenvalue weighted by Gasteiger charge is -2.18. The van der Waals surface area contributed by atoms with Crippen molar-refractivity contribution < 1.29 is 14.3 Å². The number of carbonyl (C=O) groups is 1. The topological polar surface area (TPSA) is 59.6 Å². The SMILES string of the molecule is COc1cc(OC)c2c(c1)C(=O)NC(CC(C)C)CN2. The Labute approximate surface area is 119 Å². The molecule has 0 aromatic heterocycles. The van der Waals surface area contributed by atoms with Gasteiger partial charge in [0, 0.05) is 18.7 Å². The van der Waals surface area contributed by atoms with Gasteiger partial charge in [0.25, 0.3) is 5.91 Å². The lowest BCUT2D eigenvalue weighted by atomic mass is 10.0. The van der Waals surface area contributed by atoms with Gasteiger partial charge in [0.1, 0.15) is 11.5 Å². The van der Waals surface area contributed by atoms with E-state index in [-0.39, 0.29) is 11.9 Å². The average Bonchev–Trinajstić information content (AvgIpc) is 2.57. The molecule has 0 saturated heterocycles. The number of carbonyl (C=O) groups excluding carboxylic acids is 1. The van der Waals surface area contributed by atoms with Gasteiger partial charge in [-0.25, -0.2) is 0 Å². The molecule has 2 rings (SSSR count). The van der Waals surface area contributed by atoms with Crippen LogP contribution in [0.2, 0.25) is 0 Å². The first kappa shape index (κ1) is 14.5. The van der Waals surface area contributed by atoms with Crippen LogP contribution in [0, 0.1) is 5.92 Å². The lowest BCUT2D eigenvalue weighted by molar-refractivity contribution is 0.0938. The summed E-state index contributed by atoms with van der Waals surface area (Å²) in [6, 6.07) is 3.63. The van der Waals surface area contributed by atoms with Crippen LogP contribution in [0.25, 0.3) is 0 Å². The van der Waals surface area contributed by atoms with Crippen LogP contribution < -0.4 is 20.1 Å². The largest absolute Gasteiger partial charge is 0.497 e. The van der Waals surface area contributed by atoms with Gasteiger partial charge in [-0.2, -0.15) is 0 Å². The van der Waals surface area contributed by atoms with Crippen molar-refractivity contribution in [1.82, 2.24) is 5.32 Å². The quantitative estimate of drug-likeness (QED) is 0.887. The standard InChI is InChI=1S/C15H22N2O3/c1-9(2)5-10-8-16-14-12(15(18)17-10)6-11(19-3)7-13(14)20-4/h6-7,9-10,16H,5,8H2,1-4H3,(H,17,18). The molecule has 0 fully saturated rings. The number of methoxy groups -OCH3 is 2. The first-order valence-corrected chi connectivity index (χ1v) is 6.86. The first-order valence-electron chi connectivity index (χ1n) is 6.86. The van der Waals surface area contributed by atoms with Crippen LogP contribution >= 0.6 is 0 Å². The van der Waals surface area contributed by atoms with Gasteiger partial charge < -0.3 is 20.1 Å². The minimum Gasteiger partial charge on any atom is -0.497 e. The van der Waals surface area contributed by atoms with E-state index in [2.05, 4.69) is 24.5 Å². The second-order valence-corrected chi connectivity index (χ2v) is 5.43. The van der Waals surface area contributed by atoms with E-state index in [9.17, 15) is 4.79 Å². The summed E-state index contributed by atoms with van der Waals surface area (Å²) in [5, 5.41) is 6.37. The molecule has 5 heteroatoms. The number of nitrogens with one attached hydrogen (secondary N) is 2. The molecule has 1 aliphatic heterocycles. The number of fused-ring (bicyclic) bond motifs is 1. The highest BCUT2D eigenvalue weighted by atomic mass is 16.5. The van der Waals surface area contributed by atoms with Gasteiger partial charge in [-0.1, -0.05) is 13.8 Å². The third-order valence-corrected chi connectivity index (χ3v) is 3.39. The Morgan fingerprint density at radius 1 is 1.30 bits per heavy atom. The molecule has 1 heterocycles. The summed E-state index contributed by atoms with van der Waals surface area (Å²) in [4.78, 5) is 12.4. The lowest BCUT2D eigenvalue weighted by Crippen LogP contribution is -2.37. The molecular formula is C15H22N2O3. The number of rotatable bonds is 4. The maximum absolute atomic E-state index is 12.4. The highest BCUT2D eigenvalue weighted by molar-refractivity contribution is 6.02. The van der Waals surface area contributed by atoms with Gasteiger partial charge in [-0.3, -0.25) is 4.79 Å². The molecule has 1 aromatic carbocycles. The second-order valence-electron chi connectivity index (χ2n) is 5.43. The van der Waals surface area contributed by atoms with Crippen LogP contribution in [-0.2, 0) is 0 Å². The fraction of sp³-hybridized carbons (Fsp3) is 0.533. The van der Waals surface area contributed by atoms with Crippen LogP contribution in [0.5, 0.6) is 11.5 Å². The normalized spacial score (nSPS) is 17.9. The average molecular weight is 278 g/mol. The monoisotopic (exact) mass is 278 g/mol. The number of hydrogen-bond donors (Lipinski definition) is 2. The molecule has 0 saturated carbocycles. The molecule has 1 aliphatic rings. The van der Waals surface area contributed by atoms with E-state index in [1.54, 1.807) is 26.4 Å². The summed E-state index contributed by atoms with van der Waals surface area (Å²) in [6.45, 7) is 4.99. The van der Waals surface area contributed by atoms with E-state index in [1.165, 1.54) is 0 Å². The van der Waals surface area contributed by atoms with Crippen LogP contribution in [0.1, 0.15) is 30.6 Å². The van der Waals surface area contributed by atoms with Crippen molar-refractivity contribution in [2.75, 3.05) is 26.1 Å². The molecule has 0 radical (unpaired) electrons. The van der Waals surface area contributed by atoms with Crippen molar-refractivity contribution >= 4 is 11.6 Å². The Balaban J connectivity index is 2.34. The van der Waals surface area contributed by atoms with Gasteiger partial charge in [0.2, 0.25) is 0 Å². The highest BCUT2D eigenvalue weighted by Gasteiger charge is 2.25. The van der Waals surface area contributed by atoms with Crippen LogP contribution in [0.4, 0.5) is 5.69 Å². The molecular weight excluding hydrogens is 256 g/mol. The van der Waals surface area contributed by atoms with E-state index < -0.39 is 0 Å². The van der Waals surface area contributed by atoms with Crippen LogP contribution in [0.15, 0.2) is 12.1 Å². The van der Waals surface area contributed by atoms with E-state index in [4.69, 9.17) is 9.47 Å². The van der Waals surface area contributed by atoms with Gasteiger partial charge in [0.15, 0.2) is 0 Å². The molecule has 5 nitrogen and oxygen atoms in total. The van der Waals surface area contributed by atoms with Crippen molar-refractivity contribution in [2.24, 2.45) is 5.92 Å². The maximum Gasteiger partial charge on any atom is 0.253 e. The van der Waals surface area contributed by atoms with E-state index >= 15 is 0 Å². The van der Waals surface area contributed by atoms with Crippen molar-refractivity contribution in [1.29, 1.82) is 0 Å². The van der Waals surface area contributed by atoms with Crippen molar-refractivity contribution in [3.05, 3.63) is 17.7 Å². The number of hydrogen-bond acceptors (Lipinski definition) is 4. The zero-order valence-electron chi connectivity index (χ0n) is 12.4. The molecule has 0 bridgehead atoms. The van der Waals surface area contributed by atoms with E-state index in [0.29, 0.717) is 29.5 Å². The van der Waals surface area contributed by atoms with Gasteiger partial charge in [0.05, 0.1) is 25.5 Å². The van der Waals surface area contributed by atoms with E-state index in [1.807, 2.05) is 0 Å². The predicted molar refractivity (Wildman–Crippen MR) is 78.7 cm³/mol. The minimum atomic E-state index is -0.0900. The maximum atomic E-state index is 12.4. The second kappa shape index (κ2) is 6.03. The fourth-order valence-corrected chi connectivity index (χ4v) is 2.48. The Morgan fingerprint density at radius 2 is 2.05 bits per heavy atom. The molecule has 110 valence electrons. The molecule has 20 heavy (non-hydrogen) atoms. The van der Waals surface area contributed by atoms with Crippen LogP contribution in [-0.4, -0.2) is 32.7 Å². The first-order chi connectivity index (χ1) is 9.55. The third kappa shape index (κ3) is 2.98. The Kier molecular flexibility index (Phi) is 4.37. The zero-order valence-corrected chi connectivity index (χ0v) is 12.4. The van der Waals surface area contributed by atoms with Crippen molar-refractivity contribution in [2.45, 2.75) is 26.3 Å². The molecule has 0 aliphatic carbocycles. The molecule has 1 aromatic rings. The summed E-state index contributed by atoms with van der Waals surface area (Å²) in [7, 11) is 3.16. The van der Waals surface area contributed by atoms with Gasteiger partial charge in [-0.05, 0) is 18.4 Å². The molecule has 1 unspecified atom stereocenters. The predicted octanol–water partition coefficient (Wildman–Crippen LogP) is 2.27. The number of anilines is 1. The van der Waals surface area contributed by atoms with E-state index in [0.717, 1.165) is 12.1 Å². The van der Waals surface area contributed by atoms with Crippen molar-refractivity contribution in [3.63, 3.8) is 0 Å². The number of ether oxygens (including phenoxy) is 2. The zero-order chi connectivity index (χ0) is 14.7. The summed E-state index contributed by atoms with van der Waals surface area (Å²) >= 11 is 0. The fourth-order valence-electron chi connectivity index (χ4n) is 2.48. The number of benzene rings is 1. The Morgan fingerprint density at radius 3 is 2.65 bits per heavy atom. The number of amides is 1. The molecule has 2 N–H and O–H groups in total.